The number of esters is 1. The van der Waals surface area contributed by atoms with E-state index in [1.54, 1.807) is 41.6 Å². The van der Waals surface area contributed by atoms with Crippen LogP contribution in [0.5, 0.6) is 11.5 Å². The van der Waals surface area contributed by atoms with Crippen molar-refractivity contribution in [3.63, 3.8) is 0 Å². The van der Waals surface area contributed by atoms with Gasteiger partial charge in [0.15, 0.2) is 11.6 Å². The van der Waals surface area contributed by atoms with Gasteiger partial charge < -0.3 is 39.8 Å². The van der Waals surface area contributed by atoms with Gasteiger partial charge in [0.25, 0.3) is 11.8 Å². The molecule has 0 radical (unpaired) electrons. The quantitative estimate of drug-likeness (QED) is 0.0281. The SMILES string of the molecule is CCCCCCCOc1ccc(-c2cnc(-c3ccc(C[C@H](NC(=O)c4ccc(C(C)(C)C)cc4)C(=O)N4CC(C(=O)O)C4)cc3)nc2)cc1.CCCCCCCOc1ccc(-c2cnc(-c3ccc(C[C@H](NC(=O)c4ccc(C(C)(C)C)cc4)C(=O)N4CC(C(=O)OC(C)(C)C)C4)cc3)nc2)cc1. The minimum absolute atomic E-state index is 0.0519. The molecule has 3 N–H and O–H groups in total. The monoisotopic (exact) mass is 1410 g/mol. The number of rotatable bonds is 30. The topological polar surface area (TPSA) is 232 Å². The molecule has 10 rings (SSSR count). The van der Waals surface area contributed by atoms with Crippen molar-refractivity contribution in [1.29, 1.82) is 0 Å². The third kappa shape index (κ3) is 22.7. The second-order valence-corrected chi connectivity index (χ2v) is 30.4. The third-order valence-corrected chi connectivity index (χ3v) is 18.7. The number of ether oxygens (including phenoxy) is 3. The standard InChI is InChI=1S/C45H56N4O5.C41H48N4O5/c1-8-9-10-11-12-25-53-38-23-19-32(20-24-38)35-27-46-40(47-28-35)33-15-13-31(14-16-33)26-39(42(51)49-29-36(30-49)43(52)54-45(5,6)7)48-41(50)34-17-21-37(22-18-34)44(2,3)4;1-5-6-7-8-9-22-50-35-20-16-29(17-21-35)32-24-42-37(43-25-32)30-12-10-28(11-13-30)23-36(39(47)45-26-33(27-45)40(48)49)44-38(46)31-14-18-34(19-15-31)41(2,3)4/h13-24,27-28,36,39H,8-12,25-26,29-30H2,1-7H3,(H,48,50);10-21,24-25,33,36H,5-9,22-23,26-27H2,1-4H3,(H,44,46)(H,48,49)/t39-;36-/m00/s1. The van der Waals surface area contributed by atoms with E-state index in [2.05, 4.69) is 86.0 Å². The first-order valence-corrected chi connectivity index (χ1v) is 36.9. The molecule has 0 spiro atoms. The fourth-order valence-electron chi connectivity index (χ4n) is 12.2. The fraction of sp³-hybridized carbons (Fsp3) is 0.419. The number of aromatic nitrogens is 4. The molecule has 0 bridgehead atoms. The van der Waals surface area contributed by atoms with Gasteiger partial charge in [0.2, 0.25) is 11.8 Å². The van der Waals surface area contributed by atoms with Crippen molar-refractivity contribution in [3.8, 4) is 56.5 Å². The Morgan fingerprint density at radius 3 is 1.10 bits per heavy atom. The van der Waals surface area contributed by atoms with E-state index in [1.165, 1.54) is 56.3 Å². The molecule has 2 saturated heterocycles. The fourth-order valence-corrected chi connectivity index (χ4v) is 12.2. The average molecular weight is 1410 g/mol. The number of amides is 4. The summed E-state index contributed by atoms with van der Waals surface area (Å²) in [6.07, 6.45) is 19.8. The third-order valence-electron chi connectivity index (χ3n) is 18.7. The van der Waals surface area contributed by atoms with Gasteiger partial charge in [-0.15, -0.1) is 0 Å². The predicted molar refractivity (Wildman–Crippen MR) is 408 cm³/mol. The van der Waals surface area contributed by atoms with Crippen LogP contribution in [0.25, 0.3) is 45.0 Å². The summed E-state index contributed by atoms with van der Waals surface area (Å²) in [5, 5.41) is 15.2. The summed E-state index contributed by atoms with van der Waals surface area (Å²) in [5.41, 5.74) is 9.61. The Morgan fingerprint density at radius 1 is 0.433 bits per heavy atom. The molecule has 0 unspecified atom stereocenters. The van der Waals surface area contributed by atoms with Crippen LogP contribution in [0.1, 0.15) is 183 Å². The Hall–Kier alpha value is -10.1. The number of aliphatic carboxylic acids is 1. The minimum Gasteiger partial charge on any atom is -0.494 e. The molecule has 18 nitrogen and oxygen atoms in total. The molecule has 2 aliphatic heterocycles. The van der Waals surface area contributed by atoms with Gasteiger partial charge in [0.1, 0.15) is 29.2 Å². The van der Waals surface area contributed by atoms with Gasteiger partial charge in [0, 0.05) is 97.2 Å². The largest absolute Gasteiger partial charge is 0.494 e. The lowest BCUT2D eigenvalue weighted by Gasteiger charge is -2.40. The second-order valence-electron chi connectivity index (χ2n) is 30.4. The lowest BCUT2D eigenvalue weighted by Crippen LogP contribution is -2.59. The van der Waals surface area contributed by atoms with Crippen LogP contribution in [-0.4, -0.2) is 127 Å². The van der Waals surface area contributed by atoms with Crippen molar-refractivity contribution in [2.24, 2.45) is 11.8 Å². The average Bonchev–Trinajstić information content (AvgIpc) is 0.801. The molecule has 18 heteroatoms. The molecule has 548 valence electrons. The lowest BCUT2D eigenvalue weighted by atomic mass is 9.86. The summed E-state index contributed by atoms with van der Waals surface area (Å²) in [6, 6.07) is 44.5. The highest BCUT2D eigenvalue weighted by atomic mass is 16.6. The molecule has 4 amide bonds. The van der Waals surface area contributed by atoms with Gasteiger partial charge in [-0.1, -0.05) is 204 Å². The van der Waals surface area contributed by atoms with Gasteiger partial charge in [-0.2, -0.15) is 0 Å². The summed E-state index contributed by atoms with van der Waals surface area (Å²) in [6.45, 7) is 24.8. The summed E-state index contributed by atoms with van der Waals surface area (Å²) >= 11 is 0. The van der Waals surface area contributed by atoms with Crippen LogP contribution < -0.4 is 20.1 Å². The van der Waals surface area contributed by atoms with Crippen LogP contribution >= 0.6 is 0 Å². The molecular formula is C86H104N8O10. The highest BCUT2D eigenvalue weighted by Crippen LogP contribution is 2.30. The number of carboxylic acids is 1. The number of hydrogen-bond donors (Lipinski definition) is 3. The number of benzene rings is 6. The van der Waals surface area contributed by atoms with E-state index in [0.29, 0.717) is 22.8 Å². The molecule has 6 aromatic carbocycles. The minimum atomic E-state index is -0.925. The van der Waals surface area contributed by atoms with Gasteiger partial charge in [0.05, 0.1) is 25.0 Å². The summed E-state index contributed by atoms with van der Waals surface area (Å²) in [5.74, 6) is -0.565. The van der Waals surface area contributed by atoms with Crippen molar-refractivity contribution in [3.05, 3.63) is 204 Å². The Kier molecular flexibility index (Phi) is 27.3. The van der Waals surface area contributed by atoms with E-state index < -0.39 is 29.6 Å². The van der Waals surface area contributed by atoms with Gasteiger partial charge in [-0.3, -0.25) is 28.8 Å². The Morgan fingerprint density at radius 2 is 0.769 bits per heavy atom. The molecule has 0 saturated carbocycles. The van der Waals surface area contributed by atoms with E-state index in [-0.39, 0.29) is 85.4 Å². The second kappa shape index (κ2) is 36.4. The molecule has 2 fully saturated rings. The molecule has 2 aliphatic rings. The number of carboxylic acid groups (broad SMARTS) is 1. The number of likely N-dealkylation sites (tertiary alicyclic amines) is 2. The van der Waals surface area contributed by atoms with Crippen molar-refractivity contribution in [2.45, 2.75) is 182 Å². The first-order chi connectivity index (χ1) is 49.7. The van der Waals surface area contributed by atoms with E-state index in [1.807, 2.05) is 154 Å². The van der Waals surface area contributed by atoms with Gasteiger partial charge in [-0.25, -0.2) is 19.9 Å². The summed E-state index contributed by atoms with van der Waals surface area (Å²) in [4.78, 5) is 99.6. The number of nitrogens with one attached hydrogen (secondary N) is 2. The van der Waals surface area contributed by atoms with E-state index >= 15 is 0 Å². The lowest BCUT2D eigenvalue weighted by molar-refractivity contribution is -0.168. The highest BCUT2D eigenvalue weighted by Gasteiger charge is 2.42. The van der Waals surface area contributed by atoms with E-state index in [9.17, 15) is 33.9 Å². The normalized spacial score (nSPS) is 13.8. The highest BCUT2D eigenvalue weighted by molar-refractivity contribution is 5.99. The predicted octanol–water partition coefficient (Wildman–Crippen LogP) is 15.9. The number of nitrogens with zero attached hydrogens (tertiary/aromatic N) is 6. The van der Waals surface area contributed by atoms with E-state index in [4.69, 9.17) is 14.2 Å². The zero-order valence-electron chi connectivity index (χ0n) is 62.5. The van der Waals surface area contributed by atoms with Crippen molar-refractivity contribution < 1.29 is 48.1 Å². The first-order valence-electron chi connectivity index (χ1n) is 36.9. The van der Waals surface area contributed by atoms with Crippen LogP contribution in [0.4, 0.5) is 0 Å². The van der Waals surface area contributed by atoms with Crippen LogP contribution in [0.3, 0.4) is 0 Å². The number of hydrogen-bond acceptors (Lipinski definition) is 13. The molecule has 2 atom stereocenters. The first kappa shape index (κ1) is 78.0. The molecule has 104 heavy (non-hydrogen) atoms. The molecule has 4 heterocycles. The maximum Gasteiger partial charge on any atom is 0.313 e. The zero-order chi connectivity index (χ0) is 74.6. The van der Waals surface area contributed by atoms with Crippen LogP contribution in [0.15, 0.2) is 170 Å². The molecule has 2 aromatic heterocycles. The van der Waals surface area contributed by atoms with Gasteiger partial charge in [-0.05, 0) is 126 Å². The maximum absolute atomic E-state index is 13.8. The number of carbonyl (C=O) groups excluding carboxylic acids is 5. The summed E-state index contributed by atoms with van der Waals surface area (Å²) < 4.78 is 17.3. The number of carbonyl (C=O) groups is 6. The Balaban J connectivity index is 0.000000242. The maximum atomic E-state index is 13.8. The van der Waals surface area contributed by atoms with Crippen molar-refractivity contribution in [1.82, 2.24) is 40.4 Å². The van der Waals surface area contributed by atoms with Crippen molar-refractivity contribution in [2.75, 3.05) is 39.4 Å². The van der Waals surface area contributed by atoms with Crippen LogP contribution in [-0.2, 0) is 47.6 Å². The Labute approximate surface area is 614 Å². The summed E-state index contributed by atoms with van der Waals surface area (Å²) in [7, 11) is 0. The molecule has 0 aliphatic carbocycles. The zero-order valence-corrected chi connectivity index (χ0v) is 62.5. The van der Waals surface area contributed by atoms with E-state index in [0.717, 1.165) is 93.2 Å². The van der Waals surface area contributed by atoms with Crippen LogP contribution in [0.2, 0.25) is 0 Å². The Bertz CT molecular complexity index is 4100. The smallest absolute Gasteiger partial charge is 0.313 e. The van der Waals surface area contributed by atoms with Crippen molar-refractivity contribution >= 4 is 35.6 Å². The van der Waals surface area contributed by atoms with Gasteiger partial charge >= 0.3 is 11.9 Å². The molecule has 8 aromatic rings. The molecular weight excluding hydrogens is 1300 g/mol. The number of unbranched alkanes of at least 4 members (excludes halogenated alkanes) is 8. The van der Waals surface area contributed by atoms with Crippen LogP contribution in [0, 0.1) is 11.8 Å².